The third kappa shape index (κ3) is 4.21. The highest BCUT2D eigenvalue weighted by molar-refractivity contribution is 5.38. The zero-order valence-electron chi connectivity index (χ0n) is 13.8. The summed E-state index contributed by atoms with van der Waals surface area (Å²) in [5.74, 6) is 1.01. The first-order chi connectivity index (χ1) is 10.2. The summed E-state index contributed by atoms with van der Waals surface area (Å²) < 4.78 is 5.81. The summed E-state index contributed by atoms with van der Waals surface area (Å²) in [6, 6.07) is 7.21. The normalized spacial score (nSPS) is 17.4. The first-order valence-corrected chi connectivity index (χ1v) is 8.41. The lowest BCUT2D eigenvalue weighted by Crippen LogP contribution is -2.32. The van der Waals surface area contributed by atoms with E-state index in [4.69, 9.17) is 10.5 Å². The molecule has 1 aliphatic rings. The molecule has 21 heavy (non-hydrogen) atoms. The summed E-state index contributed by atoms with van der Waals surface area (Å²) >= 11 is 0. The van der Waals surface area contributed by atoms with Crippen molar-refractivity contribution in [1.29, 1.82) is 0 Å². The maximum absolute atomic E-state index is 6.04. The van der Waals surface area contributed by atoms with E-state index >= 15 is 0 Å². The molecule has 1 fully saturated rings. The van der Waals surface area contributed by atoms with Gasteiger partial charge in [0.25, 0.3) is 0 Å². The molecule has 1 aliphatic carbocycles. The van der Waals surface area contributed by atoms with Crippen molar-refractivity contribution in [2.45, 2.75) is 65.1 Å². The predicted molar refractivity (Wildman–Crippen MR) is 88.6 cm³/mol. The standard InChI is InChI=1S/C18H30N2O/c1-4-20(17-8-6-7-9-17)13-16-12-15(14(3)19)10-11-18(16)21-5-2/h10-12,14,17H,4-9,13,19H2,1-3H3. The molecule has 1 unspecified atom stereocenters. The first-order valence-electron chi connectivity index (χ1n) is 8.41. The topological polar surface area (TPSA) is 38.5 Å². The van der Waals surface area contributed by atoms with Crippen LogP contribution in [0.15, 0.2) is 18.2 Å². The molecule has 1 aromatic rings. The highest BCUT2D eigenvalue weighted by atomic mass is 16.5. The Labute approximate surface area is 129 Å². The third-order valence-electron chi connectivity index (χ3n) is 4.53. The number of hydrogen-bond acceptors (Lipinski definition) is 3. The molecule has 0 aromatic heterocycles. The van der Waals surface area contributed by atoms with E-state index in [2.05, 4.69) is 30.0 Å². The van der Waals surface area contributed by atoms with Gasteiger partial charge < -0.3 is 10.5 Å². The molecule has 2 N–H and O–H groups in total. The van der Waals surface area contributed by atoms with Gasteiger partial charge in [0.15, 0.2) is 0 Å². The fraction of sp³-hybridized carbons (Fsp3) is 0.667. The van der Waals surface area contributed by atoms with E-state index in [1.54, 1.807) is 0 Å². The van der Waals surface area contributed by atoms with Crippen LogP contribution >= 0.6 is 0 Å². The Morgan fingerprint density at radius 3 is 2.57 bits per heavy atom. The quantitative estimate of drug-likeness (QED) is 0.828. The van der Waals surface area contributed by atoms with Crippen LogP contribution in [-0.4, -0.2) is 24.1 Å². The first kappa shape index (κ1) is 16.3. The Morgan fingerprint density at radius 1 is 1.29 bits per heavy atom. The summed E-state index contributed by atoms with van der Waals surface area (Å²) in [6.45, 7) is 9.11. The summed E-state index contributed by atoms with van der Waals surface area (Å²) in [6.07, 6.45) is 5.42. The molecule has 2 rings (SSSR count). The van der Waals surface area contributed by atoms with Crippen LogP contribution in [-0.2, 0) is 6.54 Å². The second kappa shape index (κ2) is 7.81. The Kier molecular flexibility index (Phi) is 6.07. The van der Waals surface area contributed by atoms with Gasteiger partial charge >= 0.3 is 0 Å². The van der Waals surface area contributed by atoms with Crippen LogP contribution in [0.25, 0.3) is 0 Å². The van der Waals surface area contributed by atoms with Gasteiger partial charge in [0.05, 0.1) is 6.61 Å². The molecular weight excluding hydrogens is 260 g/mol. The number of nitrogens with two attached hydrogens (primary N) is 1. The number of ether oxygens (including phenoxy) is 1. The van der Waals surface area contributed by atoms with Gasteiger partial charge in [-0.05, 0) is 50.9 Å². The molecule has 1 aromatic carbocycles. The van der Waals surface area contributed by atoms with Crippen LogP contribution in [0.1, 0.15) is 63.6 Å². The van der Waals surface area contributed by atoms with E-state index in [9.17, 15) is 0 Å². The molecule has 1 saturated carbocycles. The van der Waals surface area contributed by atoms with Crippen LogP contribution in [0.5, 0.6) is 5.75 Å². The van der Waals surface area contributed by atoms with E-state index in [0.717, 1.165) is 24.9 Å². The van der Waals surface area contributed by atoms with E-state index in [-0.39, 0.29) is 6.04 Å². The molecule has 0 amide bonds. The van der Waals surface area contributed by atoms with Crippen molar-refractivity contribution in [1.82, 2.24) is 4.90 Å². The highest BCUT2D eigenvalue weighted by Crippen LogP contribution is 2.29. The Bertz CT molecular complexity index is 439. The summed E-state index contributed by atoms with van der Waals surface area (Å²) in [5, 5.41) is 0. The second-order valence-electron chi connectivity index (χ2n) is 6.09. The molecule has 1 atom stereocenters. The van der Waals surface area contributed by atoms with Gasteiger partial charge in [-0.2, -0.15) is 0 Å². The minimum Gasteiger partial charge on any atom is -0.494 e. The fourth-order valence-electron chi connectivity index (χ4n) is 3.29. The van der Waals surface area contributed by atoms with Crippen LogP contribution in [0.2, 0.25) is 0 Å². The number of hydrogen-bond donors (Lipinski definition) is 1. The van der Waals surface area contributed by atoms with Crippen molar-refractivity contribution >= 4 is 0 Å². The Balaban J connectivity index is 2.19. The van der Waals surface area contributed by atoms with Gasteiger partial charge in [0.2, 0.25) is 0 Å². The minimum absolute atomic E-state index is 0.0704. The van der Waals surface area contributed by atoms with Crippen LogP contribution in [0.3, 0.4) is 0 Å². The average molecular weight is 290 g/mol. The van der Waals surface area contributed by atoms with Crippen molar-refractivity contribution < 1.29 is 4.74 Å². The zero-order chi connectivity index (χ0) is 15.2. The van der Waals surface area contributed by atoms with Crippen LogP contribution < -0.4 is 10.5 Å². The molecule has 0 aliphatic heterocycles. The summed E-state index contributed by atoms with van der Waals surface area (Å²) in [7, 11) is 0. The van der Waals surface area contributed by atoms with Crippen molar-refractivity contribution in [2.75, 3.05) is 13.2 Å². The van der Waals surface area contributed by atoms with Gasteiger partial charge in [0, 0.05) is 24.2 Å². The minimum atomic E-state index is 0.0704. The van der Waals surface area contributed by atoms with E-state index in [0.29, 0.717) is 6.61 Å². The average Bonchev–Trinajstić information content (AvgIpc) is 3.00. The van der Waals surface area contributed by atoms with Crippen LogP contribution in [0.4, 0.5) is 0 Å². The van der Waals surface area contributed by atoms with Gasteiger partial charge in [-0.3, -0.25) is 4.90 Å². The van der Waals surface area contributed by atoms with Gasteiger partial charge in [-0.25, -0.2) is 0 Å². The number of benzene rings is 1. The van der Waals surface area contributed by atoms with Gasteiger partial charge in [-0.1, -0.05) is 25.8 Å². The van der Waals surface area contributed by atoms with E-state index < -0.39 is 0 Å². The maximum Gasteiger partial charge on any atom is 0.123 e. The lowest BCUT2D eigenvalue weighted by Gasteiger charge is -2.28. The molecule has 0 saturated heterocycles. The monoisotopic (exact) mass is 290 g/mol. The van der Waals surface area contributed by atoms with Crippen molar-refractivity contribution in [2.24, 2.45) is 5.73 Å². The number of nitrogens with zero attached hydrogens (tertiary/aromatic N) is 1. The highest BCUT2D eigenvalue weighted by Gasteiger charge is 2.22. The molecular formula is C18H30N2O. The van der Waals surface area contributed by atoms with Crippen LogP contribution in [0, 0.1) is 0 Å². The Morgan fingerprint density at radius 2 is 2.00 bits per heavy atom. The Hall–Kier alpha value is -1.06. The number of rotatable bonds is 7. The molecule has 118 valence electrons. The van der Waals surface area contributed by atoms with Gasteiger partial charge in [0.1, 0.15) is 5.75 Å². The smallest absolute Gasteiger partial charge is 0.123 e. The van der Waals surface area contributed by atoms with Crippen molar-refractivity contribution in [3.63, 3.8) is 0 Å². The zero-order valence-corrected chi connectivity index (χ0v) is 13.8. The molecule has 0 spiro atoms. The third-order valence-corrected chi connectivity index (χ3v) is 4.53. The maximum atomic E-state index is 6.04. The predicted octanol–water partition coefficient (Wildman–Crippen LogP) is 3.87. The van der Waals surface area contributed by atoms with Gasteiger partial charge in [-0.15, -0.1) is 0 Å². The summed E-state index contributed by atoms with van der Waals surface area (Å²) in [5.41, 5.74) is 8.51. The van der Waals surface area contributed by atoms with Crippen molar-refractivity contribution in [3.05, 3.63) is 29.3 Å². The summed E-state index contributed by atoms with van der Waals surface area (Å²) in [4.78, 5) is 2.59. The molecule has 3 nitrogen and oxygen atoms in total. The van der Waals surface area contributed by atoms with E-state index in [1.165, 1.54) is 36.8 Å². The molecule has 0 radical (unpaired) electrons. The van der Waals surface area contributed by atoms with E-state index in [1.807, 2.05) is 13.8 Å². The largest absolute Gasteiger partial charge is 0.494 e. The SMILES string of the molecule is CCOc1ccc(C(C)N)cc1CN(CC)C1CCCC1. The second-order valence-corrected chi connectivity index (χ2v) is 6.09. The molecule has 3 heteroatoms. The molecule has 0 heterocycles. The lowest BCUT2D eigenvalue weighted by atomic mass is 10.0. The lowest BCUT2D eigenvalue weighted by molar-refractivity contribution is 0.196. The van der Waals surface area contributed by atoms with Crippen molar-refractivity contribution in [3.8, 4) is 5.75 Å². The fourth-order valence-corrected chi connectivity index (χ4v) is 3.29. The molecule has 0 bridgehead atoms.